The van der Waals surface area contributed by atoms with Crippen molar-refractivity contribution >= 4 is 22.5 Å². The van der Waals surface area contributed by atoms with E-state index in [0.29, 0.717) is 29.7 Å². The zero-order chi connectivity index (χ0) is 18.3. The lowest BCUT2D eigenvalue weighted by molar-refractivity contribution is 0.0786. The van der Waals surface area contributed by atoms with Gasteiger partial charge in [-0.2, -0.15) is 0 Å². The van der Waals surface area contributed by atoms with E-state index in [1.807, 2.05) is 31.0 Å². The van der Waals surface area contributed by atoms with E-state index in [1.54, 1.807) is 18.2 Å². The molecule has 0 radical (unpaired) electrons. The molecule has 3 aromatic rings. The summed E-state index contributed by atoms with van der Waals surface area (Å²) in [4.78, 5) is 22.2. The first-order chi connectivity index (χ1) is 12.5. The second-order valence-electron chi connectivity index (χ2n) is 6.80. The van der Waals surface area contributed by atoms with Crippen molar-refractivity contribution in [3.63, 3.8) is 0 Å². The SMILES string of the molecule is CNc1cc(C)nc(C2CCN(C(=O)c3cc4cccc(F)c4[nH]3)C2)c1. The zero-order valence-electron chi connectivity index (χ0n) is 14.8. The molecule has 4 rings (SSSR count). The van der Waals surface area contributed by atoms with Crippen molar-refractivity contribution in [2.45, 2.75) is 19.3 Å². The Morgan fingerprint density at radius 1 is 1.35 bits per heavy atom. The molecule has 2 N–H and O–H groups in total. The summed E-state index contributed by atoms with van der Waals surface area (Å²) in [7, 11) is 1.89. The molecule has 1 aliphatic heterocycles. The van der Waals surface area contributed by atoms with Gasteiger partial charge in [0.25, 0.3) is 5.91 Å². The summed E-state index contributed by atoms with van der Waals surface area (Å²) in [5.41, 5.74) is 3.81. The highest BCUT2D eigenvalue weighted by atomic mass is 19.1. The largest absolute Gasteiger partial charge is 0.388 e. The van der Waals surface area contributed by atoms with E-state index in [2.05, 4.69) is 15.3 Å². The average Bonchev–Trinajstić information content (AvgIpc) is 3.28. The van der Waals surface area contributed by atoms with Crippen molar-refractivity contribution in [1.29, 1.82) is 0 Å². The second kappa shape index (κ2) is 6.44. The fraction of sp³-hybridized carbons (Fsp3) is 0.300. The van der Waals surface area contributed by atoms with Gasteiger partial charge in [0.15, 0.2) is 0 Å². The van der Waals surface area contributed by atoms with Crippen molar-refractivity contribution in [2.24, 2.45) is 0 Å². The number of amides is 1. The van der Waals surface area contributed by atoms with Crippen LogP contribution in [0.15, 0.2) is 36.4 Å². The highest BCUT2D eigenvalue weighted by Crippen LogP contribution is 2.29. The number of H-pyrrole nitrogens is 1. The van der Waals surface area contributed by atoms with Gasteiger partial charge in [-0.1, -0.05) is 12.1 Å². The van der Waals surface area contributed by atoms with Crippen LogP contribution in [0, 0.1) is 12.7 Å². The third kappa shape index (κ3) is 2.92. The molecule has 1 amide bonds. The first kappa shape index (κ1) is 16.6. The van der Waals surface area contributed by atoms with Crippen LogP contribution in [0.1, 0.15) is 34.2 Å². The molecule has 134 valence electrons. The number of halogens is 1. The predicted octanol–water partition coefficient (Wildman–Crippen LogP) is 3.68. The van der Waals surface area contributed by atoms with Crippen LogP contribution in [0.5, 0.6) is 0 Å². The van der Waals surface area contributed by atoms with Crippen LogP contribution < -0.4 is 5.32 Å². The van der Waals surface area contributed by atoms with E-state index in [-0.39, 0.29) is 17.6 Å². The summed E-state index contributed by atoms with van der Waals surface area (Å²) < 4.78 is 13.9. The third-order valence-corrected chi connectivity index (χ3v) is 4.99. The Labute approximate surface area is 151 Å². The van der Waals surface area contributed by atoms with Gasteiger partial charge in [-0.25, -0.2) is 4.39 Å². The first-order valence-electron chi connectivity index (χ1n) is 8.78. The van der Waals surface area contributed by atoms with Gasteiger partial charge in [0.1, 0.15) is 11.5 Å². The molecule has 0 bridgehead atoms. The molecule has 6 heteroatoms. The second-order valence-corrected chi connectivity index (χ2v) is 6.80. The Morgan fingerprint density at radius 2 is 2.19 bits per heavy atom. The Bertz CT molecular complexity index is 981. The van der Waals surface area contributed by atoms with Gasteiger partial charge < -0.3 is 15.2 Å². The highest BCUT2D eigenvalue weighted by Gasteiger charge is 2.30. The molecule has 5 nitrogen and oxygen atoms in total. The molecule has 1 fully saturated rings. The summed E-state index contributed by atoms with van der Waals surface area (Å²) >= 11 is 0. The fourth-order valence-corrected chi connectivity index (χ4v) is 3.64. The molecule has 1 saturated heterocycles. The number of aryl methyl sites for hydroxylation is 1. The number of likely N-dealkylation sites (tertiary alicyclic amines) is 1. The molecule has 1 unspecified atom stereocenters. The minimum absolute atomic E-state index is 0.0930. The summed E-state index contributed by atoms with van der Waals surface area (Å²) in [6.07, 6.45) is 0.875. The van der Waals surface area contributed by atoms with Crippen molar-refractivity contribution in [3.8, 4) is 0 Å². The number of hydrogen-bond acceptors (Lipinski definition) is 3. The molecule has 3 heterocycles. The number of fused-ring (bicyclic) bond motifs is 1. The highest BCUT2D eigenvalue weighted by molar-refractivity contribution is 5.98. The van der Waals surface area contributed by atoms with Gasteiger partial charge in [0.05, 0.1) is 5.52 Å². The number of aromatic amines is 1. The molecular weight excluding hydrogens is 331 g/mol. The van der Waals surface area contributed by atoms with Crippen molar-refractivity contribution in [2.75, 3.05) is 25.5 Å². The van der Waals surface area contributed by atoms with Gasteiger partial charge in [0.2, 0.25) is 0 Å². The molecule has 0 aliphatic carbocycles. The molecule has 0 spiro atoms. The van der Waals surface area contributed by atoms with E-state index in [9.17, 15) is 9.18 Å². The van der Waals surface area contributed by atoms with E-state index in [1.165, 1.54) is 6.07 Å². The number of anilines is 1. The number of hydrogen-bond donors (Lipinski definition) is 2. The number of aromatic nitrogens is 2. The van der Waals surface area contributed by atoms with Gasteiger partial charge in [-0.05, 0) is 37.6 Å². The molecule has 1 aromatic carbocycles. The van der Waals surface area contributed by atoms with Crippen LogP contribution in [0.4, 0.5) is 10.1 Å². The first-order valence-corrected chi connectivity index (χ1v) is 8.78. The molecule has 0 saturated carbocycles. The Kier molecular flexibility index (Phi) is 4.11. The average molecular weight is 352 g/mol. The minimum atomic E-state index is -0.343. The maximum atomic E-state index is 13.9. The van der Waals surface area contributed by atoms with Gasteiger partial charge in [-0.15, -0.1) is 0 Å². The van der Waals surface area contributed by atoms with Crippen LogP contribution in [0.25, 0.3) is 10.9 Å². The van der Waals surface area contributed by atoms with Crippen LogP contribution in [0.2, 0.25) is 0 Å². The Hall–Kier alpha value is -2.89. The van der Waals surface area contributed by atoms with Gasteiger partial charge >= 0.3 is 0 Å². The molecule has 2 aromatic heterocycles. The zero-order valence-corrected chi connectivity index (χ0v) is 14.8. The topological polar surface area (TPSA) is 61.0 Å². The molecule has 1 atom stereocenters. The number of carbonyl (C=O) groups excluding carboxylic acids is 1. The number of pyridine rings is 1. The molecular formula is C20H21FN4O. The standard InChI is InChI=1S/C20H21FN4O/c1-12-8-15(22-2)10-17(23-12)14-6-7-25(11-14)20(26)18-9-13-4-3-5-16(21)19(13)24-18/h3-5,8-10,14,24H,6-7,11H2,1-2H3,(H,22,23). The smallest absolute Gasteiger partial charge is 0.270 e. The quantitative estimate of drug-likeness (QED) is 0.756. The predicted molar refractivity (Wildman–Crippen MR) is 100 cm³/mol. The third-order valence-electron chi connectivity index (χ3n) is 4.99. The van der Waals surface area contributed by atoms with Crippen LogP contribution in [-0.2, 0) is 0 Å². The lowest BCUT2D eigenvalue weighted by Gasteiger charge is -2.16. The van der Waals surface area contributed by atoms with Crippen LogP contribution in [-0.4, -0.2) is 40.9 Å². The van der Waals surface area contributed by atoms with E-state index in [0.717, 1.165) is 23.5 Å². The van der Waals surface area contributed by atoms with Crippen molar-refractivity contribution < 1.29 is 9.18 Å². The van der Waals surface area contributed by atoms with Gasteiger partial charge in [0, 0.05) is 48.5 Å². The number of nitrogens with zero attached hydrogens (tertiary/aromatic N) is 2. The Morgan fingerprint density at radius 3 is 2.96 bits per heavy atom. The number of carbonyl (C=O) groups is 1. The lowest BCUT2D eigenvalue weighted by Crippen LogP contribution is -2.28. The minimum Gasteiger partial charge on any atom is -0.388 e. The summed E-state index contributed by atoms with van der Waals surface area (Å²) in [5.74, 6) is -0.221. The summed E-state index contributed by atoms with van der Waals surface area (Å²) in [6, 6.07) is 10.6. The number of benzene rings is 1. The summed E-state index contributed by atoms with van der Waals surface area (Å²) in [5, 5.41) is 3.86. The van der Waals surface area contributed by atoms with E-state index in [4.69, 9.17) is 0 Å². The van der Waals surface area contributed by atoms with E-state index < -0.39 is 0 Å². The monoisotopic (exact) mass is 352 g/mol. The molecule has 26 heavy (non-hydrogen) atoms. The lowest BCUT2D eigenvalue weighted by atomic mass is 10.0. The van der Waals surface area contributed by atoms with Crippen LogP contribution in [0.3, 0.4) is 0 Å². The van der Waals surface area contributed by atoms with Crippen molar-refractivity contribution in [3.05, 3.63) is 59.3 Å². The summed E-state index contributed by atoms with van der Waals surface area (Å²) in [6.45, 7) is 3.27. The van der Waals surface area contributed by atoms with E-state index >= 15 is 0 Å². The number of para-hydroxylation sites is 1. The van der Waals surface area contributed by atoms with Gasteiger partial charge in [-0.3, -0.25) is 9.78 Å². The Balaban J connectivity index is 1.55. The van der Waals surface area contributed by atoms with Crippen LogP contribution >= 0.6 is 0 Å². The normalized spacial score (nSPS) is 17.0. The maximum absolute atomic E-state index is 13.9. The maximum Gasteiger partial charge on any atom is 0.270 e. The number of nitrogens with one attached hydrogen (secondary N) is 2. The fourth-order valence-electron chi connectivity index (χ4n) is 3.64. The number of rotatable bonds is 3. The van der Waals surface area contributed by atoms with Crippen molar-refractivity contribution in [1.82, 2.24) is 14.9 Å². The molecule has 1 aliphatic rings.